The Hall–Kier alpha value is -2.34. The lowest BCUT2D eigenvalue weighted by molar-refractivity contribution is -0.140. The molecule has 0 saturated heterocycles. The number of carbonyl (C=O) groups excluding carboxylic acids is 1. The van der Waals surface area contributed by atoms with Crippen LogP contribution in [0.3, 0.4) is 0 Å². The molecule has 0 heterocycles. The van der Waals surface area contributed by atoms with E-state index in [2.05, 4.69) is 4.74 Å². The Bertz CT molecular complexity index is 813. The molecule has 2 aromatic carbocycles. The molecule has 0 radical (unpaired) electrons. The van der Waals surface area contributed by atoms with Crippen LogP contribution in [0.2, 0.25) is 0 Å². The van der Waals surface area contributed by atoms with Crippen molar-refractivity contribution in [1.82, 2.24) is 0 Å². The fourth-order valence-corrected chi connectivity index (χ4v) is 3.88. The van der Waals surface area contributed by atoms with Crippen molar-refractivity contribution in [2.24, 2.45) is 0 Å². The molecule has 0 saturated carbocycles. The van der Waals surface area contributed by atoms with Crippen molar-refractivity contribution in [2.45, 2.75) is 25.2 Å². The van der Waals surface area contributed by atoms with Crippen LogP contribution >= 0.6 is 0 Å². The minimum absolute atomic E-state index is 0.0179. The number of esters is 1. The van der Waals surface area contributed by atoms with Crippen LogP contribution in [0.1, 0.15) is 17.5 Å². The summed E-state index contributed by atoms with van der Waals surface area (Å²) in [4.78, 5) is 11.7. The second-order valence-electron chi connectivity index (χ2n) is 5.50. The predicted molar refractivity (Wildman–Crippen MR) is 93.5 cm³/mol. The number of aryl methyl sites for hydroxylation is 2. The smallest absolute Gasteiger partial charge is 0.307 e. The first kappa shape index (κ1) is 18.0. The van der Waals surface area contributed by atoms with Crippen molar-refractivity contribution >= 4 is 21.7 Å². The van der Waals surface area contributed by atoms with Gasteiger partial charge in [0.1, 0.15) is 0 Å². The van der Waals surface area contributed by atoms with Gasteiger partial charge in [-0.1, -0.05) is 35.9 Å². The van der Waals surface area contributed by atoms with Gasteiger partial charge >= 0.3 is 5.97 Å². The van der Waals surface area contributed by atoms with Crippen LogP contribution in [0.25, 0.3) is 0 Å². The van der Waals surface area contributed by atoms with E-state index >= 15 is 0 Å². The molecule has 2 aromatic rings. The van der Waals surface area contributed by atoms with Crippen LogP contribution in [-0.2, 0) is 19.6 Å². The third-order valence-corrected chi connectivity index (χ3v) is 5.57. The van der Waals surface area contributed by atoms with E-state index in [4.69, 9.17) is 0 Å². The number of para-hydroxylation sites is 1. The second-order valence-corrected chi connectivity index (χ2v) is 7.37. The first-order valence-electron chi connectivity index (χ1n) is 7.58. The highest BCUT2D eigenvalue weighted by atomic mass is 32.2. The standard InChI is InChI=1S/C18H21NO4S/c1-14-8-10-16(11-9-14)24(21,22)19(13-12-18(20)23-3)17-7-5-4-6-15(17)2/h4-11H,12-13H2,1-3H3. The summed E-state index contributed by atoms with van der Waals surface area (Å²) in [6.07, 6.45) is -0.0179. The van der Waals surface area contributed by atoms with Crippen molar-refractivity contribution < 1.29 is 17.9 Å². The quantitative estimate of drug-likeness (QED) is 0.754. The van der Waals surface area contributed by atoms with E-state index in [1.807, 2.05) is 26.0 Å². The average molecular weight is 347 g/mol. The van der Waals surface area contributed by atoms with Crippen molar-refractivity contribution in [3.05, 3.63) is 59.7 Å². The lowest BCUT2D eigenvalue weighted by Crippen LogP contribution is -2.33. The molecule has 0 atom stereocenters. The van der Waals surface area contributed by atoms with Crippen molar-refractivity contribution in [2.75, 3.05) is 18.0 Å². The fraction of sp³-hybridized carbons (Fsp3) is 0.278. The van der Waals surface area contributed by atoms with E-state index < -0.39 is 16.0 Å². The van der Waals surface area contributed by atoms with Gasteiger partial charge in [0.25, 0.3) is 10.0 Å². The van der Waals surface area contributed by atoms with Crippen LogP contribution in [0.15, 0.2) is 53.4 Å². The van der Waals surface area contributed by atoms with Gasteiger partial charge in [-0.3, -0.25) is 9.10 Å². The minimum atomic E-state index is -3.77. The summed E-state index contributed by atoms with van der Waals surface area (Å²) in [6.45, 7) is 3.76. The number of carbonyl (C=O) groups is 1. The Kier molecular flexibility index (Phi) is 5.62. The lowest BCUT2D eigenvalue weighted by Gasteiger charge is -2.25. The highest BCUT2D eigenvalue weighted by Crippen LogP contribution is 2.27. The molecule has 5 nitrogen and oxygen atoms in total. The summed E-state index contributed by atoms with van der Waals surface area (Å²) in [5.41, 5.74) is 2.35. The van der Waals surface area contributed by atoms with Gasteiger partial charge in [0.05, 0.1) is 24.1 Å². The van der Waals surface area contributed by atoms with Gasteiger partial charge in [-0.15, -0.1) is 0 Å². The Labute approximate surface area is 142 Å². The van der Waals surface area contributed by atoms with Gasteiger partial charge in [0, 0.05) is 6.54 Å². The number of anilines is 1. The number of ether oxygens (including phenoxy) is 1. The molecular formula is C18H21NO4S. The third-order valence-electron chi connectivity index (χ3n) is 3.74. The van der Waals surface area contributed by atoms with Crippen LogP contribution in [0.5, 0.6) is 0 Å². The Morgan fingerprint density at radius 1 is 1.04 bits per heavy atom. The molecule has 0 unspecified atom stereocenters. The number of rotatable bonds is 6. The van der Waals surface area contributed by atoms with E-state index in [-0.39, 0.29) is 17.9 Å². The molecule has 0 N–H and O–H groups in total. The van der Waals surface area contributed by atoms with Crippen LogP contribution in [0.4, 0.5) is 5.69 Å². The summed E-state index contributed by atoms with van der Waals surface area (Å²) < 4.78 is 32.1. The molecule has 0 fully saturated rings. The molecule has 0 aliphatic heterocycles. The highest BCUT2D eigenvalue weighted by molar-refractivity contribution is 7.92. The highest BCUT2D eigenvalue weighted by Gasteiger charge is 2.26. The fourth-order valence-electron chi connectivity index (χ4n) is 2.35. The number of benzene rings is 2. The van der Waals surface area contributed by atoms with Crippen LogP contribution < -0.4 is 4.31 Å². The van der Waals surface area contributed by atoms with Gasteiger partial charge in [0.15, 0.2) is 0 Å². The predicted octanol–water partition coefficient (Wildman–Crippen LogP) is 3.06. The first-order valence-corrected chi connectivity index (χ1v) is 9.02. The molecule has 0 aromatic heterocycles. The zero-order valence-electron chi connectivity index (χ0n) is 14.0. The molecule has 0 amide bonds. The zero-order chi connectivity index (χ0) is 17.7. The molecule has 24 heavy (non-hydrogen) atoms. The maximum Gasteiger partial charge on any atom is 0.307 e. The molecule has 6 heteroatoms. The maximum atomic E-state index is 13.1. The minimum Gasteiger partial charge on any atom is -0.469 e. The molecule has 128 valence electrons. The van der Waals surface area contributed by atoms with Crippen molar-refractivity contribution in [1.29, 1.82) is 0 Å². The largest absolute Gasteiger partial charge is 0.469 e. The van der Waals surface area contributed by atoms with Crippen molar-refractivity contribution in [3.63, 3.8) is 0 Å². The molecule has 0 spiro atoms. The summed E-state index contributed by atoms with van der Waals surface area (Å²) in [6, 6.07) is 13.9. The van der Waals surface area contributed by atoms with E-state index in [9.17, 15) is 13.2 Å². The summed E-state index contributed by atoms with van der Waals surface area (Å²) in [7, 11) is -2.49. The Morgan fingerprint density at radius 3 is 2.25 bits per heavy atom. The van der Waals surface area contributed by atoms with Crippen LogP contribution in [0, 0.1) is 13.8 Å². The third kappa shape index (κ3) is 3.94. The van der Waals surface area contributed by atoms with E-state index in [0.29, 0.717) is 5.69 Å². The molecule has 0 aliphatic carbocycles. The normalized spacial score (nSPS) is 11.1. The molecular weight excluding hydrogens is 326 g/mol. The topological polar surface area (TPSA) is 63.7 Å². The average Bonchev–Trinajstić information content (AvgIpc) is 2.56. The monoisotopic (exact) mass is 347 g/mol. The Balaban J connectivity index is 2.46. The van der Waals surface area contributed by atoms with E-state index in [0.717, 1.165) is 11.1 Å². The zero-order valence-corrected chi connectivity index (χ0v) is 14.8. The van der Waals surface area contributed by atoms with E-state index in [1.54, 1.807) is 36.4 Å². The number of methoxy groups -OCH3 is 1. The summed E-state index contributed by atoms with van der Waals surface area (Å²) >= 11 is 0. The molecule has 0 aliphatic rings. The molecule has 0 bridgehead atoms. The second kappa shape index (κ2) is 7.49. The van der Waals surface area contributed by atoms with Gasteiger partial charge < -0.3 is 4.74 Å². The van der Waals surface area contributed by atoms with E-state index in [1.165, 1.54) is 11.4 Å². The summed E-state index contributed by atoms with van der Waals surface area (Å²) in [5, 5.41) is 0. The van der Waals surface area contributed by atoms with Gasteiger partial charge in [-0.25, -0.2) is 8.42 Å². The molecule has 2 rings (SSSR count). The van der Waals surface area contributed by atoms with Gasteiger partial charge in [-0.2, -0.15) is 0 Å². The number of hydrogen-bond acceptors (Lipinski definition) is 4. The van der Waals surface area contributed by atoms with Gasteiger partial charge in [-0.05, 0) is 37.6 Å². The van der Waals surface area contributed by atoms with Gasteiger partial charge in [0.2, 0.25) is 0 Å². The number of hydrogen-bond donors (Lipinski definition) is 0. The van der Waals surface area contributed by atoms with Crippen molar-refractivity contribution in [3.8, 4) is 0 Å². The Morgan fingerprint density at radius 2 is 1.67 bits per heavy atom. The van der Waals surface area contributed by atoms with Crippen LogP contribution in [-0.4, -0.2) is 28.0 Å². The maximum absolute atomic E-state index is 13.1. The number of nitrogens with zero attached hydrogens (tertiary/aromatic N) is 1. The number of sulfonamides is 1. The SMILES string of the molecule is COC(=O)CCN(c1ccccc1C)S(=O)(=O)c1ccc(C)cc1. The first-order chi connectivity index (χ1) is 11.4. The summed E-state index contributed by atoms with van der Waals surface area (Å²) in [5.74, 6) is -0.451. The lowest BCUT2D eigenvalue weighted by atomic mass is 10.2.